The van der Waals surface area contributed by atoms with Gasteiger partial charge in [-0.1, -0.05) is 23.7 Å². The van der Waals surface area contributed by atoms with E-state index in [0.29, 0.717) is 11.3 Å². The van der Waals surface area contributed by atoms with E-state index in [9.17, 15) is 9.35 Å². The highest BCUT2D eigenvalue weighted by Gasteiger charge is 2.17. The van der Waals surface area contributed by atoms with Gasteiger partial charge in [0, 0.05) is 22.8 Å². The molecule has 2 aromatic carbocycles. The monoisotopic (exact) mass is 364 g/mol. The molecule has 1 heterocycles. The molecule has 3 aromatic rings. The minimum absolute atomic E-state index is 0.150. The first-order valence-corrected chi connectivity index (χ1v) is 9.94. The first-order valence-electron chi connectivity index (χ1n) is 8.38. The van der Waals surface area contributed by atoms with Crippen molar-refractivity contribution < 1.29 is 9.35 Å². The zero-order valence-corrected chi connectivity index (χ0v) is 16.2. The maximum atomic E-state index is 12.8. The van der Waals surface area contributed by atoms with Crippen LogP contribution in [0.3, 0.4) is 0 Å². The van der Waals surface area contributed by atoms with Crippen molar-refractivity contribution in [2.75, 3.05) is 11.6 Å². The maximum Gasteiger partial charge on any atom is 0.257 e. The molecular weight excluding hydrogens is 343 g/mol. The van der Waals surface area contributed by atoms with Crippen LogP contribution in [0.15, 0.2) is 59.5 Å². The third-order valence-electron chi connectivity index (χ3n) is 4.48. The minimum Gasteiger partial charge on any atom is -0.612 e. The van der Waals surface area contributed by atoms with Crippen LogP contribution in [0, 0.1) is 13.8 Å². The fourth-order valence-electron chi connectivity index (χ4n) is 3.11. The van der Waals surface area contributed by atoms with E-state index >= 15 is 0 Å². The van der Waals surface area contributed by atoms with E-state index in [4.69, 9.17) is 0 Å². The fourth-order valence-corrected chi connectivity index (χ4v) is 3.63. The van der Waals surface area contributed by atoms with E-state index in [1.807, 2.05) is 32.0 Å². The van der Waals surface area contributed by atoms with Crippen molar-refractivity contribution >= 4 is 36.1 Å². The highest BCUT2D eigenvalue weighted by molar-refractivity contribution is 7.90. The van der Waals surface area contributed by atoms with Gasteiger partial charge in [-0.15, -0.1) is 0 Å². The Labute approximate surface area is 157 Å². The molecule has 4 nitrogen and oxygen atoms in total. The topological polar surface area (TPSA) is 57.1 Å². The summed E-state index contributed by atoms with van der Waals surface area (Å²) in [5.74, 6) is -0.150. The molecule has 1 N–H and O–H groups in total. The van der Waals surface area contributed by atoms with Crippen LogP contribution in [0.2, 0.25) is 0 Å². The van der Waals surface area contributed by atoms with Gasteiger partial charge in [-0.05, 0) is 61.4 Å². The Hall–Kier alpha value is -2.44. The summed E-state index contributed by atoms with van der Waals surface area (Å²) in [4.78, 5) is 13.5. The fraction of sp³-hybridized carbons (Fsp3) is 0.150. The van der Waals surface area contributed by atoms with Gasteiger partial charge in [-0.2, -0.15) is 0 Å². The molecule has 1 aromatic heterocycles. The number of benzene rings is 2. The van der Waals surface area contributed by atoms with E-state index in [1.54, 1.807) is 30.5 Å². The highest BCUT2D eigenvalue weighted by Crippen LogP contribution is 2.21. The van der Waals surface area contributed by atoms with Gasteiger partial charge in [-0.3, -0.25) is 4.79 Å². The van der Waals surface area contributed by atoms with Gasteiger partial charge in [0.25, 0.3) is 5.91 Å². The summed E-state index contributed by atoms with van der Waals surface area (Å²) in [6.45, 7) is 3.96. The van der Waals surface area contributed by atoms with Crippen molar-refractivity contribution in [3.8, 4) is 5.69 Å². The molecule has 0 radical (unpaired) electrons. The Kier molecular flexibility index (Phi) is 5.25. The smallest absolute Gasteiger partial charge is 0.257 e. The van der Waals surface area contributed by atoms with Crippen LogP contribution in [0.25, 0.3) is 5.69 Å². The molecule has 6 heteroatoms. The molecule has 0 fully saturated rings. The second kappa shape index (κ2) is 7.44. The lowest BCUT2D eigenvalue weighted by Crippen LogP contribution is -2.16. The van der Waals surface area contributed by atoms with Crippen molar-refractivity contribution in [2.24, 2.45) is 0 Å². The number of carbonyl (C=O) groups is 1. The number of amides is 1. The molecule has 1 unspecified atom stereocenters. The van der Waals surface area contributed by atoms with Crippen LogP contribution in [-0.2, 0) is 11.2 Å². The summed E-state index contributed by atoms with van der Waals surface area (Å²) in [7, 11) is 2.06. The van der Waals surface area contributed by atoms with Gasteiger partial charge in [0.05, 0.1) is 5.56 Å². The van der Waals surface area contributed by atoms with Crippen molar-refractivity contribution in [1.29, 1.82) is 0 Å². The number of anilines is 1. The molecule has 1 atom stereocenters. The quantitative estimate of drug-likeness (QED) is 0.571. The second-order valence-electron chi connectivity index (χ2n) is 6.34. The van der Waals surface area contributed by atoms with Crippen LogP contribution in [0.5, 0.6) is 0 Å². The number of para-hydroxylation sites is 1. The second-order valence-corrected chi connectivity index (χ2v) is 7.72. The van der Waals surface area contributed by atoms with E-state index in [2.05, 4.69) is 29.9 Å². The van der Waals surface area contributed by atoms with E-state index in [1.165, 1.54) is 0 Å². The summed E-state index contributed by atoms with van der Waals surface area (Å²) >= 11 is -1.03. The standard InChI is InChI=1S/C20H21BN2O2S/c1-13-12-17(14(2)23(13)19-7-5-4-6-18(19)21)20(24)22-15-8-10-16(11-9-15)26(3)25/h4-12H,21H2,1-3H3,(H,22,24). The number of hydrogen-bond acceptors (Lipinski definition) is 2. The predicted molar refractivity (Wildman–Crippen MR) is 110 cm³/mol. The van der Waals surface area contributed by atoms with Crippen LogP contribution >= 0.6 is 0 Å². The Morgan fingerprint density at radius 3 is 2.38 bits per heavy atom. The molecule has 0 saturated carbocycles. The molecular formula is C20H21BN2O2S. The highest BCUT2D eigenvalue weighted by atomic mass is 32.2. The number of nitrogens with one attached hydrogen (secondary N) is 1. The lowest BCUT2D eigenvalue weighted by molar-refractivity contribution is 0.102. The summed E-state index contributed by atoms with van der Waals surface area (Å²) in [6.07, 6.45) is 1.63. The number of carbonyl (C=O) groups excluding carboxylic acids is 1. The van der Waals surface area contributed by atoms with Gasteiger partial charge in [0.1, 0.15) is 14.1 Å². The molecule has 0 aliphatic rings. The lowest BCUT2D eigenvalue weighted by atomic mass is 9.94. The Balaban J connectivity index is 1.89. The Morgan fingerprint density at radius 2 is 1.77 bits per heavy atom. The SMILES string of the molecule is Bc1ccccc1-n1c(C)cc(C(=O)Nc2ccc([S+](C)[O-])cc2)c1C. The van der Waals surface area contributed by atoms with Gasteiger partial charge >= 0.3 is 0 Å². The molecule has 1 amide bonds. The molecule has 3 rings (SSSR count). The Morgan fingerprint density at radius 1 is 1.12 bits per heavy atom. The molecule has 0 aliphatic heterocycles. The molecule has 0 spiro atoms. The van der Waals surface area contributed by atoms with Crippen LogP contribution in [0.4, 0.5) is 5.69 Å². The number of nitrogens with zero attached hydrogens (tertiary/aromatic N) is 1. The number of hydrogen-bond donors (Lipinski definition) is 1. The zero-order valence-electron chi connectivity index (χ0n) is 15.4. The number of aryl methyl sites for hydroxylation is 1. The van der Waals surface area contributed by atoms with Crippen molar-refractivity contribution in [3.05, 3.63) is 71.5 Å². The van der Waals surface area contributed by atoms with Crippen molar-refractivity contribution in [1.82, 2.24) is 4.57 Å². The van der Waals surface area contributed by atoms with Crippen LogP contribution < -0.4 is 10.8 Å². The van der Waals surface area contributed by atoms with Crippen LogP contribution in [-0.4, -0.2) is 29.1 Å². The number of rotatable bonds is 4. The van der Waals surface area contributed by atoms with E-state index < -0.39 is 11.2 Å². The van der Waals surface area contributed by atoms with Gasteiger partial charge in [0.15, 0.2) is 4.90 Å². The molecule has 132 valence electrons. The zero-order chi connectivity index (χ0) is 18.8. The van der Waals surface area contributed by atoms with E-state index in [-0.39, 0.29) is 5.91 Å². The van der Waals surface area contributed by atoms with Crippen molar-refractivity contribution in [2.45, 2.75) is 18.7 Å². The average Bonchev–Trinajstić information content (AvgIpc) is 2.90. The summed E-state index contributed by atoms with van der Waals surface area (Å²) in [5.41, 5.74) is 5.48. The molecule has 0 aliphatic carbocycles. The van der Waals surface area contributed by atoms with Crippen molar-refractivity contribution in [3.63, 3.8) is 0 Å². The normalized spacial score (nSPS) is 12.0. The average molecular weight is 364 g/mol. The first-order chi connectivity index (χ1) is 12.4. The van der Waals surface area contributed by atoms with Gasteiger partial charge in [-0.25, -0.2) is 0 Å². The molecule has 0 saturated heterocycles. The predicted octanol–water partition coefficient (Wildman–Crippen LogP) is 2.34. The molecule has 26 heavy (non-hydrogen) atoms. The van der Waals surface area contributed by atoms with Gasteiger partial charge in [0.2, 0.25) is 0 Å². The third-order valence-corrected chi connectivity index (χ3v) is 5.41. The summed E-state index contributed by atoms with van der Waals surface area (Å²) in [6, 6.07) is 17.1. The number of aromatic nitrogens is 1. The lowest BCUT2D eigenvalue weighted by Gasteiger charge is -2.13. The van der Waals surface area contributed by atoms with Gasteiger partial charge < -0.3 is 14.4 Å². The summed E-state index contributed by atoms with van der Waals surface area (Å²) < 4.78 is 13.6. The molecule has 0 bridgehead atoms. The van der Waals surface area contributed by atoms with Crippen LogP contribution in [0.1, 0.15) is 21.7 Å². The van der Waals surface area contributed by atoms with E-state index in [0.717, 1.165) is 27.4 Å². The first kappa shape index (κ1) is 18.4. The minimum atomic E-state index is -1.03. The third kappa shape index (κ3) is 3.57. The maximum absolute atomic E-state index is 12.8. The Bertz CT molecular complexity index is 949. The largest absolute Gasteiger partial charge is 0.612 e. The summed E-state index contributed by atoms with van der Waals surface area (Å²) in [5, 5.41) is 2.92.